The van der Waals surface area contributed by atoms with E-state index >= 15 is 0 Å². The monoisotopic (exact) mass is 751 g/mol. The summed E-state index contributed by atoms with van der Waals surface area (Å²) in [7, 11) is -3.89. The Morgan fingerprint density at radius 1 is 0.926 bits per heavy atom. The Bertz CT molecular complexity index is 2270. The molecule has 54 heavy (non-hydrogen) atoms. The van der Waals surface area contributed by atoms with Gasteiger partial charge in [-0.15, -0.1) is 0 Å². The molecule has 4 heterocycles. The predicted octanol–water partition coefficient (Wildman–Crippen LogP) is 3.33. The van der Waals surface area contributed by atoms with Crippen LogP contribution in [-0.4, -0.2) is 87.6 Å². The van der Waals surface area contributed by atoms with Crippen LogP contribution in [0.15, 0.2) is 79.1 Å². The molecule has 2 saturated carbocycles. The van der Waals surface area contributed by atoms with Gasteiger partial charge in [0, 0.05) is 23.1 Å². The van der Waals surface area contributed by atoms with E-state index in [0.717, 1.165) is 34.5 Å². The zero-order valence-electron chi connectivity index (χ0n) is 29.5. The Morgan fingerprint density at radius 3 is 2.48 bits per heavy atom. The molecule has 3 N–H and O–H groups in total. The Kier molecular flexibility index (Phi) is 9.50. The molecular formula is C39H41N7O7S. The summed E-state index contributed by atoms with van der Waals surface area (Å²) in [4.78, 5) is 62.4. The second-order valence-electron chi connectivity index (χ2n) is 14.6. The minimum absolute atomic E-state index is 0.00151. The van der Waals surface area contributed by atoms with E-state index in [9.17, 15) is 27.6 Å². The topological polar surface area (TPSA) is 190 Å². The summed E-state index contributed by atoms with van der Waals surface area (Å²) < 4.78 is 34.5. The van der Waals surface area contributed by atoms with Crippen molar-refractivity contribution < 1.29 is 32.3 Å². The molecule has 4 aromatic rings. The summed E-state index contributed by atoms with van der Waals surface area (Å²) in [5.41, 5.74) is -0.538. The number of aromatic nitrogens is 3. The number of amides is 4. The molecule has 15 heteroatoms. The van der Waals surface area contributed by atoms with Crippen molar-refractivity contribution >= 4 is 55.3 Å². The Hall–Kier alpha value is -5.44. The molecule has 2 aromatic carbocycles. The molecule has 3 fully saturated rings. The molecule has 4 aliphatic rings. The molecule has 4 amide bonds. The number of pyridine rings is 1. The van der Waals surface area contributed by atoms with Crippen molar-refractivity contribution in [3.63, 3.8) is 0 Å². The van der Waals surface area contributed by atoms with Crippen LogP contribution in [0.3, 0.4) is 0 Å². The van der Waals surface area contributed by atoms with Gasteiger partial charge in [-0.1, -0.05) is 61.4 Å². The van der Waals surface area contributed by atoms with E-state index in [1.54, 1.807) is 0 Å². The highest BCUT2D eigenvalue weighted by Crippen LogP contribution is 2.46. The highest BCUT2D eigenvalue weighted by Gasteiger charge is 2.62. The normalized spacial score (nSPS) is 26.8. The van der Waals surface area contributed by atoms with E-state index < -0.39 is 68.5 Å². The van der Waals surface area contributed by atoms with Crippen molar-refractivity contribution in [2.45, 2.75) is 86.8 Å². The maximum Gasteiger partial charge on any atom is 0.259 e. The van der Waals surface area contributed by atoms with Crippen LogP contribution in [-0.2, 0) is 24.4 Å². The predicted molar refractivity (Wildman–Crippen MR) is 198 cm³/mol. The molecule has 5 atom stereocenters. The first-order valence-electron chi connectivity index (χ1n) is 18.5. The van der Waals surface area contributed by atoms with Crippen LogP contribution in [0.2, 0.25) is 0 Å². The first-order chi connectivity index (χ1) is 26.1. The minimum atomic E-state index is -3.89. The van der Waals surface area contributed by atoms with E-state index in [0.29, 0.717) is 38.0 Å². The van der Waals surface area contributed by atoms with Crippen molar-refractivity contribution in [2.24, 2.45) is 5.92 Å². The number of hydrogen-bond acceptors (Lipinski definition) is 10. The molecule has 280 valence electrons. The lowest BCUT2D eigenvalue weighted by Gasteiger charge is -2.30. The molecule has 0 radical (unpaired) electrons. The lowest BCUT2D eigenvalue weighted by Crippen LogP contribution is -2.58. The van der Waals surface area contributed by atoms with Crippen molar-refractivity contribution in [1.29, 1.82) is 0 Å². The minimum Gasteiger partial charge on any atom is -0.472 e. The van der Waals surface area contributed by atoms with Crippen molar-refractivity contribution in [2.75, 3.05) is 6.54 Å². The average Bonchev–Trinajstić information content (AvgIpc) is 4.11. The van der Waals surface area contributed by atoms with E-state index in [2.05, 4.69) is 25.6 Å². The fourth-order valence-corrected chi connectivity index (χ4v) is 9.00. The second kappa shape index (κ2) is 14.4. The molecule has 2 aromatic heterocycles. The summed E-state index contributed by atoms with van der Waals surface area (Å²) in [5, 5.41) is 15.3. The summed E-state index contributed by atoms with van der Waals surface area (Å²) in [6.07, 6.45) is 10.3. The smallest absolute Gasteiger partial charge is 0.259 e. The lowest BCUT2D eigenvalue weighted by atomic mass is 10.0. The molecular weight excluding hydrogens is 711 g/mol. The number of benzene rings is 2. The van der Waals surface area contributed by atoms with E-state index in [1.165, 1.54) is 23.4 Å². The van der Waals surface area contributed by atoms with Crippen LogP contribution in [0, 0.1) is 5.92 Å². The first-order valence-corrected chi connectivity index (χ1v) is 20.0. The summed E-state index contributed by atoms with van der Waals surface area (Å²) in [5.74, 6) is -2.44. The quantitative estimate of drug-likeness (QED) is 0.187. The average molecular weight is 752 g/mol. The van der Waals surface area contributed by atoms with Crippen LogP contribution >= 0.6 is 0 Å². The van der Waals surface area contributed by atoms with Crippen molar-refractivity contribution in [3.8, 4) is 5.88 Å². The summed E-state index contributed by atoms with van der Waals surface area (Å²) in [6.45, 7) is 0.00151. The summed E-state index contributed by atoms with van der Waals surface area (Å²) >= 11 is 0. The first kappa shape index (κ1) is 35.6. The summed E-state index contributed by atoms with van der Waals surface area (Å²) in [6, 6.07) is 14.9. The molecule has 0 bridgehead atoms. The SMILES string of the molecule is O=C(NC1CCCCC/C=C\C2CC2(C(=O)NS(=O)(=O)C2CC2)NC(=O)C2CC(Oc3nc4ccccc4c4ccccc34)CN2C1=O)c1ccnnc1. The molecule has 0 spiro atoms. The van der Waals surface area contributed by atoms with Crippen LogP contribution in [0.1, 0.15) is 68.1 Å². The molecule has 5 unspecified atom stereocenters. The van der Waals surface area contributed by atoms with Gasteiger partial charge in [-0.3, -0.25) is 23.9 Å². The molecule has 1 saturated heterocycles. The molecule has 14 nitrogen and oxygen atoms in total. The lowest BCUT2D eigenvalue weighted by molar-refractivity contribution is -0.141. The molecule has 8 rings (SSSR count). The van der Waals surface area contributed by atoms with Gasteiger partial charge in [-0.05, 0) is 62.1 Å². The van der Waals surface area contributed by atoms with Gasteiger partial charge >= 0.3 is 0 Å². The number of sulfonamides is 1. The van der Waals surface area contributed by atoms with Gasteiger partial charge in [0.2, 0.25) is 27.7 Å². The van der Waals surface area contributed by atoms with E-state index in [4.69, 9.17) is 9.72 Å². The Labute approximate surface area is 312 Å². The van der Waals surface area contributed by atoms with Crippen LogP contribution in [0.25, 0.3) is 21.7 Å². The van der Waals surface area contributed by atoms with Gasteiger partial charge in [-0.25, -0.2) is 13.4 Å². The largest absolute Gasteiger partial charge is 0.472 e. The number of carbonyl (C=O) groups is 4. The number of nitrogens with one attached hydrogen (secondary N) is 3. The van der Waals surface area contributed by atoms with Crippen LogP contribution in [0.5, 0.6) is 5.88 Å². The van der Waals surface area contributed by atoms with Crippen molar-refractivity contribution in [1.82, 2.24) is 35.4 Å². The fraction of sp³-hybridized carbons (Fsp3) is 0.410. The van der Waals surface area contributed by atoms with Gasteiger partial charge in [0.15, 0.2) is 0 Å². The number of rotatable bonds is 7. The zero-order chi connectivity index (χ0) is 37.5. The molecule has 2 aliphatic heterocycles. The number of para-hydroxylation sites is 1. The van der Waals surface area contributed by atoms with Gasteiger partial charge in [0.25, 0.3) is 11.8 Å². The third-order valence-electron chi connectivity index (χ3n) is 10.8. The van der Waals surface area contributed by atoms with Crippen LogP contribution in [0.4, 0.5) is 0 Å². The Balaban J connectivity index is 1.12. The zero-order valence-corrected chi connectivity index (χ0v) is 30.3. The number of fused-ring (bicyclic) bond motifs is 5. The number of nitrogens with zero attached hydrogens (tertiary/aromatic N) is 4. The third kappa shape index (κ3) is 7.11. The van der Waals surface area contributed by atoms with Gasteiger partial charge in [0.1, 0.15) is 23.7 Å². The van der Waals surface area contributed by atoms with Crippen LogP contribution < -0.4 is 20.1 Å². The van der Waals surface area contributed by atoms with Gasteiger partial charge in [-0.2, -0.15) is 10.2 Å². The third-order valence-corrected chi connectivity index (χ3v) is 12.7. The Morgan fingerprint density at radius 2 is 1.70 bits per heavy atom. The van der Waals surface area contributed by atoms with E-state index in [1.807, 2.05) is 60.7 Å². The highest BCUT2D eigenvalue weighted by atomic mass is 32.2. The number of carbonyl (C=O) groups excluding carboxylic acids is 4. The molecule has 2 aliphatic carbocycles. The number of ether oxygens (including phenoxy) is 1. The maximum atomic E-state index is 14.6. The maximum absolute atomic E-state index is 14.6. The van der Waals surface area contributed by atoms with Gasteiger partial charge < -0.3 is 20.3 Å². The second-order valence-corrected chi connectivity index (χ2v) is 16.6. The number of hydrogen-bond donors (Lipinski definition) is 3. The fourth-order valence-electron chi connectivity index (χ4n) is 7.63. The van der Waals surface area contributed by atoms with Crippen molar-refractivity contribution in [3.05, 3.63) is 84.7 Å². The number of allylic oxidation sites excluding steroid dienone is 1. The highest BCUT2D eigenvalue weighted by molar-refractivity contribution is 7.91. The van der Waals surface area contributed by atoms with Gasteiger partial charge in [0.05, 0.1) is 35.3 Å². The van der Waals surface area contributed by atoms with E-state index in [-0.39, 0.29) is 24.9 Å². The standard InChI is InChI=1S/C39H41N7O7S/c47-34(24-18-19-40-41-22-24)42-32-15-5-3-1-2-4-10-25-21-39(25,38(50)45-54(51,52)27-16-17-27)44-35(48)33-20-26(23-46(33)37(32)49)53-36-30-13-7-6-11-28(30)29-12-8-9-14-31(29)43-36/h4,6-14,18-19,22,25-27,32-33H,1-3,5,15-17,20-21,23H2,(H,42,47)(H,44,48)(H,45,50)/b10-4-.